The zero-order chi connectivity index (χ0) is 17.6. The average Bonchev–Trinajstić information content (AvgIpc) is 2.69. The van der Waals surface area contributed by atoms with Gasteiger partial charge in [0, 0.05) is 45.0 Å². The molecule has 3 rings (SSSR count). The van der Waals surface area contributed by atoms with Crippen LogP contribution in [-0.4, -0.2) is 60.0 Å². The number of pyridine rings is 1. The Labute approximate surface area is 152 Å². The number of nitrogens with zero attached hydrogens (tertiary/aromatic N) is 4. The number of anilines is 1. The molecule has 2 aliphatic heterocycles. The van der Waals surface area contributed by atoms with Crippen molar-refractivity contribution in [2.75, 3.05) is 37.6 Å². The first kappa shape index (κ1) is 18.2. The Kier molecular flexibility index (Phi) is 6.29. The largest absolute Gasteiger partial charge is 0.354 e. The fourth-order valence-corrected chi connectivity index (χ4v) is 4.34. The molecule has 1 atom stereocenters. The van der Waals surface area contributed by atoms with Crippen LogP contribution < -0.4 is 4.90 Å². The van der Waals surface area contributed by atoms with Crippen LogP contribution in [0.3, 0.4) is 0 Å². The van der Waals surface area contributed by atoms with Gasteiger partial charge in [0.05, 0.1) is 6.04 Å². The second kappa shape index (κ2) is 8.65. The van der Waals surface area contributed by atoms with Crippen molar-refractivity contribution in [2.24, 2.45) is 0 Å². The summed E-state index contributed by atoms with van der Waals surface area (Å²) in [7, 11) is 0. The molecule has 5 heteroatoms. The lowest BCUT2D eigenvalue weighted by molar-refractivity contribution is -0.121. The SMILES string of the molecule is CCC(CC)N1CCN(c2ccc(C3CCCCN3C=O)cn2)CC1. The number of hydrogen-bond acceptors (Lipinski definition) is 4. The standard InChI is InChI=1S/C20H32N4O/c1-3-18(4-2)22-11-13-23(14-12-22)20-9-8-17(15-21-20)19-7-5-6-10-24(19)16-25/h8-9,15-16,18-19H,3-7,10-14H2,1-2H3. The quantitative estimate of drug-likeness (QED) is 0.744. The molecule has 0 bridgehead atoms. The van der Waals surface area contributed by atoms with Crippen LogP contribution in [0.25, 0.3) is 0 Å². The van der Waals surface area contributed by atoms with E-state index in [9.17, 15) is 4.79 Å². The molecule has 0 radical (unpaired) electrons. The lowest BCUT2D eigenvalue weighted by atomic mass is 9.97. The van der Waals surface area contributed by atoms with E-state index in [2.05, 4.69) is 35.8 Å². The Bertz CT molecular complexity index is 535. The highest BCUT2D eigenvalue weighted by atomic mass is 16.1. The summed E-state index contributed by atoms with van der Waals surface area (Å²) in [5.41, 5.74) is 1.17. The molecule has 1 amide bonds. The van der Waals surface area contributed by atoms with E-state index in [4.69, 9.17) is 4.98 Å². The maximum Gasteiger partial charge on any atom is 0.210 e. The maximum absolute atomic E-state index is 11.3. The van der Waals surface area contributed by atoms with Crippen molar-refractivity contribution in [1.82, 2.24) is 14.8 Å². The minimum Gasteiger partial charge on any atom is -0.354 e. The van der Waals surface area contributed by atoms with Crippen molar-refractivity contribution in [3.8, 4) is 0 Å². The Balaban J connectivity index is 1.60. The molecule has 2 aliphatic rings. The van der Waals surface area contributed by atoms with Crippen LogP contribution in [0.1, 0.15) is 57.6 Å². The van der Waals surface area contributed by atoms with E-state index in [0.717, 1.165) is 63.8 Å². The minimum absolute atomic E-state index is 0.208. The van der Waals surface area contributed by atoms with E-state index in [1.54, 1.807) is 0 Å². The summed E-state index contributed by atoms with van der Waals surface area (Å²) in [5, 5.41) is 0. The molecule has 2 saturated heterocycles. The van der Waals surface area contributed by atoms with Gasteiger partial charge in [-0.2, -0.15) is 0 Å². The van der Waals surface area contributed by atoms with E-state index >= 15 is 0 Å². The van der Waals surface area contributed by atoms with Crippen molar-refractivity contribution in [2.45, 2.75) is 58.0 Å². The van der Waals surface area contributed by atoms with Crippen molar-refractivity contribution in [1.29, 1.82) is 0 Å². The van der Waals surface area contributed by atoms with Gasteiger partial charge >= 0.3 is 0 Å². The molecule has 1 unspecified atom stereocenters. The molecule has 2 fully saturated rings. The zero-order valence-corrected chi connectivity index (χ0v) is 15.7. The summed E-state index contributed by atoms with van der Waals surface area (Å²) in [4.78, 5) is 22.9. The van der Waals surface area contributed by atoms with Gasteiger partial charge in [0.15, 0.2) is 0 Å². The average molecular weight is 345 g/mol. The van der Waals surface area contributed by atoms with Gasteiger partial charge < -0.3 is 9.80 Å². The molecule has 25 heavy (non-hydrogen) atoms. The van der Waals surface area contributed by atoms with Gasteiger partial charge in [-0.25, -0.2) is 4.98 Å². The summed E-state index contributed by atoms with van der Waals surface area (Å²) < 4.78 is 0. The molecular formula is C20H32N4O. The lowest BCUT2D eigenvalue weighted by Crippen LogP contribution is -2.50. The Hall–Kier alpha value is -1.62. The molecule has 1 aromatic heterocycles. The lowest BCUT2D eigenvalue weighted by Gasteiger charge is -2.39. The maximum atomic E-state index is 11.3. The zero-order valence-electron chi connectivity index (χ0n) is 15.7. The molecule has 0 saturated carbocycles. The smallest absolute Gasteiger partial charge is 0.210 e. The first-order valence-corrected chi connectivity index (χ1v) is 9.92. The number of aromatic nitrogens is 1. The van der Waals surface area contributed by atoms with Gasteiger partial charge in [0.2, 0.25) is 6.41 Å². The first-order valence-electron chi connectivity index (χ1n) is 9.92. The highest BCUT2D eigenvalue weighted by molar-refractivity contribution is 5.49. The van der Waals surface area contributed by atoms with Gasteiger partial charge in [-0.15, -0.1) is 0 Å². The number of piperazine rings is 1. The fraction of sp³-hybridized carbons (Fsp3) is 0.700. The monoisotopic (exact) mass is 344 g/mol. The number of hydrogen-bond donors (Lipinski definition) is 0. The Morgan fingerprint density at radius 3 is 2.48 bits per heavy atom. The third-order valence-electron chi connectivity index (χ3n) is 5.93. The highest BCUT2D eigenvalue weighted by Crippen LogP contribution is 2.30. The van der Waals surface area contributed by atoms with Crippen molar-refractivity contribution in [3.05, 3.63) is 23.9 Å². The summed E-state index contributed by atoms with van der Waals surface area (Å²) in [6, 6.07) is 5.24. The number of carbonyl (C=O) groups excluding carboxylic acids is 1. The van der Waals surface area contributed by atoms with Crippen molar-refractivity contribution >= 4 is 12.2 Å². The van der Waals surface area contributed by atoms with Gasteiger partial charge in [-0.3, -0.25) is 9.69 Å². The highest BCUT2D eigenvalue weighted by Gasteiger charge is 2.24. The van der Waals surface area contributed by atoms with Gasteiger partial charge in [-0.1, -0.05) is 19.9 Å². The van der Waals surface area contributed by atoms with E-state index < -0.39 is 0 Å². The molecule has 3 heterocycles. The summed E-state index contributed by atoms with van der Waals surface area (Å²) >= 11 is 0. The minimum atomic E-state index is 0.208. The summed E-state index contributed by atoms with van der Waals surface area (Å²) in [6.07, 6.45) is 8.80. The first-order chi connectivity index (χ1) is 12.3. The van der Waals surface area contributed by atoms with Crippen molar-refractivity contribution < 1.29 is 4.79 Å². The Morgan fingerprint density at radius 1 is 1.12 bits per heavy atom. The third-order valence-corrected chi connectivity index (χ3v) is 5.93. The number of rotatable bonds is 6. The van der Waals surface area contributed by atoms with Crippen molar-refractivity contribution in [3.63, 3.8) is 0 Å². The third kappa shape index (κ3) is 4.14. The second-order valence-electron chi connectivity index (χ2n) is 7.30. The molecule has 1 aromatic rings. The molecule has 5 nitrogen and oxygen atoms in total. The number of amides is 1. The van der Waals surface area contributed by atoms with E-state index in [1.807, 2.05) is 11.1 Å². The predicted octanol–water partition coefficient (Wildman–Crippen LogP) is 3.08. The van der Waals surface area contributed by atoms with Crippen LogP contribution in [-0.2, 0) is 4.79 Å². The van der Waals surface area contributed by atoms with E-state index in [0.29, 0.717) is 0 Å². The predicted molar refractivity (Wildman–Crippen MR) is 102 cm³/mol. The summed E-state index contributed by atoms with van der Waals surface area (Å²) in [6.45, 7) is 9.78. The fourth-order valence-electron chi connectivity index (χ4n) is 4.34. The summed E-state index contributed by atoms with van der Waals surface area (Å²) in [5.74, 6) is 1.07. The van der Waals surface area contributed by atoms with E-state index in [1.165, 1.54) is 24.8 Å². The molecule has 0 aliphatic carbocycles. The van der Waals surface area contributed by atoms with Crippen LogP contribution in [0.2, 0.25) is 0 Å². The van der Waals surface area contributed by atoms with E-state index in [-0.39, 0.29) is 6.04 Å². The second-order valence-corrected chi connectivity index (χ2v) is 7.30. The number of likely N-dealkylation sites (tertiary alicyclic amines) is 1. The number of piperidine rings is 1. The molecule has 138 valence electrons. The molecule has 0 aromatic carbocycles. The van der Waals surface area contributed by atoms with Crippen LogP contribution in [0.15, 0.2) is 18.3 Å². The van der Waals surface area contributed by atoms with Crippen LogP contribution in [0.4, 0.5) is 5.82 Å². The van der Waals surface area contributed by atoms with Crippen LogP contribution in [0.5, 0.6) is 0 Å². The number of carbonyl (C=O) groups is 1. The molecule has 0 N–H and O–H groups in total. The van der Waals surface area contributed by atoms with Crippen LogP contribution in [0, 0.1) is 0 Å². The van der Waals surface area contributed by atoms with Gasteiger partial charge in [0.25, 0.3) is 0 Å². The van der Waals surface area contributed by atoms with Gasteiger partial charge in [0.1, 0.15) is 5.82 Å². The van der Waals surface area contributed by atoms with Gasteiger partial charge in [-0.05, 0) is 43.7 Å². The normalized spacial score (nSPS) is 22.4. The molecule has 0 spiro atoms. The Morgan fingerprint density at radius 2 is 1.88 bits per heavy atom. The topological polar surface area (TPSA) is 39.7 Å². The molecular weight excluding hydrogens is 312 g/mol. The van der Waals surface area contributed by atoms with Crippen LogP contribution >= 0.6 is 0 Å².